The normalized spacial score (nSPS) is 17.8. The van der Waals surface area contributed by atoms with Gasteiger partial charge in [-0.05, 0) is 44.0 Å². The minimum absolute atomic E-state index is 0.0105. The Morgan fingerprint density at radius 2 is 1.87 bits per heavy atom. The van der Waals surface area contributed by atoms with Gasteiger partial charge < -0.3 is 10.2 Å². The number of Topliss-reactive ketones (excluding diaryl/α,β-unsaturated/α-hetero) is 1. The molecule has 1 aliphatic heterocycles. The van der Waals surface area contributed by atoms with Crippen LogP contribution in [0.5, 0.6) is 0 Å². The molecule has 120 valence electrons. The van der Waals surface area contributed by atoms with Crippen molar-refractivity contribution in [2.45, 2.75) is 25.8 Å². The molecule has 2 heterocycles. The molecule has 1 saturated heterocycles. The zero-order valence-corrected chi connectivity index (χ0v) is 13.9. The number of carbonyl (C=O) groups is 2. The third kappa shape index (κ3) is 3.79. The average molecular weight is 328 g/mol. The number of ketones is 1. The molecule has 23 heavy (non-hydrogen) atoms. The minimum Gasteiger partial charge on any atom is -0.381 e. The first-order valence-corrected chi connectivity index (χ1v) is 8.67. The fraction of sp³-hybridized carbons (Fsp3) is 0.333. The average Bonchev–Trinajstić information content (AvgIpc) is 3.06. The summed E-state index contributed by atoms with van der Waals surface area (Å²) in [6.07, 6.45) is 2.04. The van der Waals surface area contributed by atoms with E-state index in [0.29, 0.717) is 16.3 Å². The summed E-state index contributed by atoms with van der Waals surface area (Å²) in [5.74, 6) is 0.0402. The number of anilines is 1. The molecular weight excluding hydrogens is 308 g/mol. The fourth-order valence-corrected chi connectivity index (χ4v) is 3.72. The zero-order chi connectivity index (χ0) is 16.2. The molecule has 1 fully saturated rings. The predicted octanol–water partition coefficient (Wildman–Crippen LogP) is 3.67. The number of carbonyl (C=O) groups excluding carboxylic acids is 2. The van der Waals surface area contributed by atoms with E-state index in [1.165, 1.54) is 18.3 Å². The van der Waals surface area contributed by atoms with Gasteiger partial charge in [-0.3, -0.25) is 9.59 Å². The first kappa shape index (κ1) is 15.7. The Hall–Kier alpha value is -2.14. The van der Waals surface area contributed by atoms with Crippen LogP contribution < -0.4 is 5.32 Å². The van der Waals surface area contributed by atoms with Gasteiger partial charge in [-0.2, -0.15) is 0 Å². The van der Waals surface area contributed by atoms with Crippen molar-refractivity contribution in [3.63, 3.8) is 0 Å². The van der Waals surface area contributed by atoms with Gasteiger partial charge in [0.05, 0.1) is 9.75 Å². The van der Waals surface area contributed by atoms with Crippen molar-refractivity contribution < 1.29 is 9.59 Å². The van der Waals surface area contributed by atoms with E-state index in [4.69, 9.17) is 0 Å². The van der Waals surface area contributed by atoms with Gasteiger partial charge in [0.1, 0.15) is 0 Å². The van der Waals surface area contributed by atoms with Crippen molar-refractivity contribution in [1.29, 1.82) is 0 Å². The number of nitrogens with zero attached hydrogens (tertiary/aromatic N) is 1. The Bertz CT molecular complexity index is 696. The van der Waals surface area contributed by atoms with Crippen LogP contribution >= 0.6 is 11.3 Å². The second kappa shape index (κ2) is 6.96. The first-order valence-electron chi connectivity index (χ1n) is 7.85. The van der Waals surface area contributed by atoms with Crippen molar-refractivity contribution in [2.24, 2.45) is 0 Å². The van der Waals surface area contributed by atoms with Crippen molar-refractivity contribution in [1.82, 2.24) is 4.90 Å². The van der Waals surface area contributed by atoms with Crippen LogP contribution in [0.25, 0.3) is 0 Å². The van der Waals surface area contributed by atoms with Gasteiger partial charge in [0.2, 0.25) is 0 Å². The molecule has 0 radical (unpaired) electrons. The fourth-order valence-electron chi connectivity index (χ4n) is 2.85. The first-order chi connectivity index (χ1) is 11.1. The van der Waals surface area contributed by atoms with E-state index in [-0.39, 0.29) is 17.7 Å². The van der Waals surface area contributed by atoms with E-state index < -0.39 is 0 Å². The van der Waals surface area contributed by atoms with E-state index in [0.717, 1.165) is 25.1 Å². The number of benzene rings is 1. The van der Waals surface area contributed by atoms with Crippen LogP contribution in [0.15, 0.2) is 42.5 Å². The Labute approximate surface area is 140 Å². The molecule has 1 aromatic heterocycles. The molecule has 1 atom stereocenters. The smallest absolute Gasteiger partial charge is 0.264 e. The number of hydrogen-bond donors (Lipinski definition) is 1. The second-order valence-corrected chi connectivity index (χ2v) is 6.90. The molecule has 1 amide bonds. The molecular formula is C18H20N2O2S. The number of hydrogen-bond acceptors (Lipinski definition) is 4. The topological polar surface area (TPSA) is 49.4 Å². The summed E-state index contributed by atoms with van der Waals surface area (Å²) in [5.41, 5.74) is 1.08. The van der Waals surface area contributed by atoms with Crippen LogP contribution in [-0.2, 0) is 0 Å². The number of thiophene rings is 1. The maximum absolute atomic E-state index is 12.6. The van der Waals surface area contributed by atoms with E-state index in [2.05, 4.69) is 5.32 Å². The van der Waals surface area contributed by atoms with Gasteiger partial charge >= 0.3 is 0 Å². The molecule has 1 aromatic carbocycles. The summed E-state index contributed by atoms with van der Waals surface area (Å²) in [6, 6.07) is 13.8. The predicted molar refractivity (Wildman–Crippen MR) is 93.3 cm³/mol. The molecule has 3 rings (SSSR count). The molecule has 1 aliphatic rings. The highest BCUT2D eigenvalue weighted by atomic mass is 32.1. The lowest BCUT2D eigenvalue weighted by Gasteiger charge is -2.33. The van der Waals surface area contributed by atoms with Crippen molar-refractivity contribution in [2.75, 3.05) is 18.4 Å². The quantitative estimate of drug-likeness (QED) is 0.871. The highest BCUT2D eigenvalue weighted by Gasteiger charge is 2.25. The van der Waals surface area contributed by atoms with Crippen LogP contribution in [0.4, 0.5) is 5.69 Å². The third-order valence-corrected chi connectivity index (χ3v) is 5.19. The lowest BCUT2D eigenvalue weighted by atomic mass is 10.0. The number of piperidine rings is 1. The summed E-state index contributed by atoms with van der Waals surface area (Å²) >= 11 is 1.29. The molecule has 0 saturated carbocycles. The molecule has 0 unspecified atom stereocenters. The van der Waals surface area contributed by atoms with Gasteiger partial charge in [-0.1, -0.05) is 18.2 Å². The van der Waals surface area contributed by atoms with Gasteiger partial charge in [0.25, 0.3) is 5.91 Å². The second-order valence-electron chi connectivity index (χ2n) is 5.82. The van der Waals surface area contributed by atoms with Crippen LogP contribution in [0.3, 0.4) is 0 Å². The summed E-state index contributed by atoms with van der Waals surface area (Å²) in [7, 11) is 0. The van der Waals surface area contributed by atoms with E-state index in [9.17, 15) is 9.59 Å². The van der Waals surface area contributed by atoms with E-state index >= 15 is 0 Å². The molecule has 0 bridgehead atoms. The molecule has 5 heteroatoms. The van der Waals surface area contributed by atoms with Crippen LogP contribution in [0.2, 0.25) is 0 Å². The maximum Gasteiger partial charge on any atom is 0.264 e. The molecule has 2 aromatic rings. The summed E-state index contributed by atoms with van der Waals surface area (Å²) in [6.45, 7) is 3.00. The number of para-hydroxylation sites is 1. The van der Waals surface area contributed by atoms with Gasteiger partial charge in [-0.25, -0.2) is 0 Å². The Morgan fingerprint density at radius 1 is 1.13 bits per heavy atom. The Balaban J connectivity index is 1.65. The van der Waals surface area contributed by atoms with Gasteiger partial charge in [0, 0.05) is 24.8 Å². The zero-order valence-electron chi connectivity index (χ0n) is 13.1. The number of rotatable bonds is 4. The highest BCUT2D eigenvalue weighted by Crippen LogP contribution is 2.22. The molecule has 0 aliphatic carbocycles. The molecule has 0 spiro atoms. The number of likely N-dealkylation sites (tertiary alicyclic amines) is 1. The van der Waals surface area contributed by atoms with Crippen LogP contribution in [-0.4, -0.2) is 35.7 Å². The van der Waals surface area contributed by atoms with Crippen molar-refractivity contribution >= 4 is 28.7 Å². The lowest BCUT2D eigenvalue weighted by molar-refractivity contribution is 0.0719. The third-order valence-electron chi connectivity index (χ3n) is 4.02. The Kier molecular flexibility index (Phi) is 4.76. The summed E-state index contributed by atoms with van der Waals surface area (Å²) in [5, 5.41) is 3.50. The van der Waals surface area contributed by atoms with E-state index in [1.807, 2.05) is 35.2 Å². The van der Waals surface area contributed by atoms with Gasteiger partial charge in [0.15, 0.2) is 5.78 Å². The summed E-state index contributed by atoms with van der Waals surface area (Å²) < 4.78 is 0. The van der Waals surface area contributed by atoms with E-state index in [1.54, 1.807) is 12.1 Å². The summed E-state index contributed by atoms with van der Waals surface area (Å²) in [4.78, 5) is 27.2. The van der Waals surface area contributed by atoms with Crippen molar-refractivity contribution in [3.05, 3.63) is 52.2 Å². The number of amides is 1. The van der Waals surface area contributed by atoms with Crippen LogP contribution in [0, 0.1) is 0 Å². The van der Waals surface area contributed by atoms with Crippen molar-refractivity contribution in [3.8, 4) is 0 Å². The lowest BCUT2D eigenvalue weighted by Crippen LogP contribution is -2.44. The Morgan fingerprint density at radius 3 is 2.57 bits per heavy atom. The molecule has 4 nitrogen and oxygen atoms in total. The number of nitrogens with one attached hydrogen (secondary N) is 1. The van der Waals surface area contributed by atoms with Gasteiger partial charge in [-0.15, -0.1) is 11.3 Å². The minimum atomic E-state index is 0.0105. The molecule has 1 N–H and O–H groups in total. The maximum atomic E-state index is 12.6. The SMILES string of the molecule is CC(=O)c1ccc(C(=O)N2CCC[C@@H](Nc3ccccc3)C2)s1. The standard InChI is InChI=1S/C18H20N2O2S/c1-13(21)16-9-10-17(23-16)18(22)20-11-5-8-15(12-20)19-14-6-3-2-4-7-14/h2-4,6-7,9-10,15,19H,5,8,11-12H2,1H3/t15-/m1/s1. The van der Waals surface area contributed by atoms with Crippen LogP contribution in [0.1, 0.15) is 39.1 Å². The largest absolute Gasteiger partial charge is 0.381 e. The highest BCUT2D eigenvalue weighted by molar-refractivity contribution is 7.15. The monoisotopic (exact) mass is 328 g/mol.